The molecule has 0 bridgehead atoms. The number of nitrogen functional groups attached to an aromatic ring is 1. The maximum Gasteiger partial charge on any atom is 0.417 e. The molecule has 2 aromatic carbocycles. The highest BCUT2D eigenvalue weighted by Crippen LogP contribution is 2.45. The van der Waals surface area contributed by atoms with Crippen LogP contribution in [-0.4, -0.2) is 39.2 Å². The number of alkyl halides is 3. The van der Waals surface area contributed by atoms with Crippen LogP contribution in [0.3, 0.4) is 0 Å². The monoisotopic (exact) mass is 518 g/mol. The van der Waals surface area contributed by atoms with Crippen LogP contribution < -0.4 is 24.7 Å². The molecule has 2 aromatic heterocycles. The molecule has 0 aliphatic rings. The molecule has 0 saturated heterocycles. The van der Waals surface area contributed by atoms with Gasteiger partial charge in [-0.1, -0.05) is 0 Å². The molecule has 0 radical (unpaired) electrons. The Morgan fingerprint density at radius 1 is 0.861 bits per heavy atom. The summed E-state index contributed by atoms with van der Waals surface area (Å²) >= 11 is 0.793. The largest absolute Gasteiger partial charge is 0.493 e. The summed E-state index contributed by atoms with van der Waals surface area (Å²) in [5, 5.41) is -0.319. The summed E-state index contributed by atoms with van der Waals surface area (Å²) in [6.07, 6.45) is -4.74. The molecule has 36 heavy (non-hydrogen) atoms. The molecule has 0 fully saturated rings. The summed E-state index contributed by atoms with van der Waals surface area (Å²) < 4.78 is 63.3. The van der Waals surface area contributed by atoms with Crippen molar-refractivity contribution in [1.29, 1.82) is 0 Å². The molecule has 0 aliphatic heterocycles. The van der Waals surface area contributed by atoms with Gasteiger partial charge >= 0.3 is 6.18 Å². The van der Waals surface area contributed by atoms with Crippen LogP contribution in [0.25, 0.3) is 21.5 Å². The number of pyridine rings is 1. The normalized spacial score (nSPS) is 11.4. The third kappa shape index (κ3) is 4.37. The number of ether oxygens (including phenoxy) is 4. The van der Waals surface area contributed by atoms with Gasteiger partial charge in [-0.15, -0.1) is 11.3 Å². The van der Waals surface area contributed by atoms with E-state index >= 15 is 0 Å². The number of benzene rings is 2. The molecule has 2 heterocycles. The van der Waals surface area contributed by atoms with Gasteiger partial charge < -0.3 is 24.7 Å². The summed E-state index contributed by atoms with van der Waals surface area (Å²) in [6, 6.07) is 10.0. The average Bonchev–Trinajstić information content (AvgIpc) is 3.22. The number of methoxy groups -OCH3 is 4. The van der Waals surface area contributed by atoms with Gasteiger partial charge in [0.2, 0.25) is 5.78 Å². The Bertz CT molecular complexity index is 1470. The fourth-order valence-electron chi connectivity index (χ4n) is 3.77. The smallest absolute Gasteiger partial charge is 0.417 e. The SMILES string of the molecule is COc1ccc(C(=O)c2sc3nc(-c4ccc(OC)c(OC)c4)cc(C(F)(F)F)c3c2N)cc1OC. The van der Waals surface area contributed by atoms with Gasteiger partial charge in [0.15, 0.2) is 23.0 Å². The first-order chi connectivity index (χ1) is 17.1. The third-order valence-corrected chi connectivity index (χ3v) is 6.63. The van der Waals surface area contributed by atoms with Crippen LogP contribution in [0.5, 0.6) is 23.0 Å². The molecule has 0 unspecified atom stereocenters. The maximum atomic E-state index is 14.1. The number of aromatic nitrogens is 1. The van der Waals surface area contributed by atoms with Crippen molar-refractivity contribution >= 4 is 33.0 Å². The van der Waals surface area contributed by atoms with Crippen molar-refractivity contribution in [3.05, 3.63) is 58.5 Å². The molecular formula is C25H21F3N2O5S. The molecular weight excluding hydrogens is 497 g/mol. The molecule has 2 N–H and O–H groups in total. The van der Waals surface area contributed by atoms with Gasteiger partial charge in [0.05, 0.1) is 45.4 Å². The van der Waals surface area contributed by atoms with Gasteiger partial charge in [-0.25, -0.2) is 4.98 Å². The van der Waals surface area contributed by atoms with E-state index in [4.69, 9.17) is 24.7 Å². The summed E-state index contributed by atoms with van der Waals surface area (Å²) in [5.74, 6) is 0.895. The maximum absolute atomic E-state index is 14.1. The number of nitrogens with zero attached hydrogens (tertiary/aromatic N) is 1. The zero-order valence-corrected chi connectivity index (χ0v) is 20.5. The van der Waals surface area contributed by atoms with Crippen molar-refractivity contribution in [2.24, 2.45) is 0 Å². The molecule has 0 saturated carbocycles. The second kappa shape index (κ2) is 9.57. The molecule has 11 heteroatoms. The van der Waals surface area contributed by atoms with Crippen LogP contribution >= 0.6 is 11.3 Å². The van der Waals surface area contributed by atoms with E-state index in [0.29, 0.717) is 28.6 Å². The Morgan fingerprint density at radius 2 is 1.44 bits per heavy atom. The first-order valence-electron chi connectivity index (χ1n) is 10.4. The second-order valence-corrected chi connectivity index (χ2v) is 8.55. The average molecular weight is 519 g/mol. The van der Waals surface area contributed by atoms with Crippen LogP contribution in [0.4, 0.5) is 18.9 Å². The van der Waals surface area contributed by atoms with Crippen molar-refractivity contribution in [2.45, 2.75) is 6.18 Å². The molecule has 4 rings (SSSR count). The summed E-state index contributed by atoms with van der Waals surface area (Å²) in [5.41, 5.74) is 5.46. The van der Waals surface area contributed by atoms with Gasteiger partial charge in [0.25, 0.3) is 0 Å². The fraction of sp³-hybridized carbons (Fsp3) is 0.200. The molecule has 0 aliphatic carbocycles. The Balaban J connectivity index is 1.90. The fourth-order valence-corrected chi connectivity index (χ4v) is 4.85. The van der Waals surface area contributed by atoms with E-state index in [-0.39, 0.29) is 32.0 Å². The predicted molar refractivity (Wildman–Crippen MR) is 131 cm³/mol. The zero-order valence-electron chi connectivity index (χ0n) is 19.6. The third-order valence-electron chi connectivity index (χ3n) is 5.54. The number of hydrogen-bond donors (Lipinski definition) is 1. The van der Waals surface area contributed by atoms with Gasteiger partial charge in [-0.05, 0) is 42.5 Å². The van der Waals surface area contributed by atoms with E-state index in [1.54, 1.807) is 12.1 Å². The molecule has 0 amide bonds. The first-order valence-corrected chi connectivity index (χ1v) is 11.2. The second-order valence-electron chi connectivity index (χ2n) is 7.55. The van der Waals surface area contributed by atoms with Gasteiger partial charge in [-0.2, -0.15) is 13.2 Å². The number of carbonyl (C=O) groups is 1. The lowest BCUT2D eigenvalue weighted by atomic mass is 10.0. The molecule has 7 nitrogen and oxygen atoms in total. The van der Waals surface area contributed by atoms with Crippen LogP contribution in [0, 0.1) is 0 Å². The minimum Gasteiger partial charge on any atom is -0.493 e. The van der Waals surface area contributed by atoms with Crippen LogP contribution in [-0.2, 0) is 6.18 Å². The number of carbonyl (C=O) groups excluding carboxylic acids is 1. The standard InChI is InChI=1S/C25H21F3N2O5S/c1-32-16-7-5-12(9-18(16)34-3)15-11-14(25(26,27)28)20-21(29)23(36-24(20)30-15)22(31)13-6-8-17(33-2)19(10-13)35-4/h5-11H,29H2,1-4H3. The van der Waals surface area contributed by atoms with Crippen molar-refractivity contribution in [1.82, 2.24) is 4.98 Å². The lowest BCUT2D eigenvalue weighted by Crippen LogP contribution is -2.08. The first kappa shape index (κ1) is 25.1. The number of nitrogens with two attached hydrogens (primary N) is 1. The summed E-state index contributed by atoms with van der Waals surface area (Å²) in [7, 11) is 5.74. The quantitative estimate of drug-likeness (QED) is 0.308. The van der Waals surface area contributed by atoms with Gasteiger partial charge in [0.1, 0.15) is 9.71 Å². The summed E-state index contributed by atoms with van der Waals surface area (Å²) in [6.45, 7) is 0. The van der Waals surface area contributed by atoms with Gasteiger partial charge in [-0.3, -0.25) is 4.79 Å². The number of fused-ring (bicyclic) bond motifs is 1. The summed E-state index contributed by atoms with van der Waals surface area (Å²) in [4.78, 5) is 17.6. The van der Waals surface area contributed by atoms with Crippen LogP contribution in [0.2, 0.25) is 0 Å². The topological polar surface area (TPSA) is 92.9 Å². The minimum atomic E-state index is -4.74. The lowest BCUT2D eigenvalue weighted by molar-refractivity contribution is -0.136. The highest BCUT2D eigenvalue weighted by Gasteiger charge is 2.36. The van der Waals surface area contributed by atoms with E-state index in [1.165, 1.54) is 52.7 Å². The van der Waals surface area contributed by atoms with E-state index in [0.717, 1.165) is 17.4 Å². The van der Waals surface area contributed by atoms with Crippen molar-refractivity contribution < 1.29 is 36.9 Å². The Hall–Kier alpha value is -3.99. The number of rotatable bonds is 7. The zero-order chi connectivity index (χ0) is 26.2. The van der Waals surface area contributed by atoms with Crippen molar-refractivity contribution in [3.63, 3.8) is 0 Å². The number of hydrogen-bond acceptors (Lipinski definition) is 8. The van der Waals surface area contributed by atoms with Crippen molar-refractivity contribution in [2.75, 3.05) is 34.2 Å². The van der Waals surface area contributed by atoms with Crippen molar-refractivity contribution in [3.8, 4) is 34.3 Å². The molecule has 0 atom stereocenters. The Kier molecular flexibility index (Phi) is 6.68. The minimum absolute atomic E-state index is 0.0177. The lowest BCUT2D eigenvalue weighted by Gasteiger charge is -2.13. The number of thiophene rings is 1. The highest BCUT2D eigenvalue weighted by molar-refractivity contribution is 7.21. The van der Waals surface area contributed by atoms with E-state index in [1.807, 2.05) is 0 Å². The predicted octanol–water partition coefficient (Wildman–Crippen LogP) is 5.83. The van der Waals surface area contributed by atoms with E-state index in [9.17, 15) is 18.0 Å². The van der Waals surface area contributed by atoms with E-state index < -0.39 is 17.5 Å². The van der Waals surface area contributed by atoms with Gasteiger partial charge in [0, 0.05) is 16.5 Å². The number of anilines is 1. The van der Waals surface area contributed by atoms with Crippen LogP contribution in [0.1, 0.15) is 20.8 Å². The Labute approximate surface area is 208 Å². The van der Waals surface area contributed by atoms with E-state index in [2.05, 4.69) is 4.98 Å². The molecule has 4 aromatic rings. The number of halogens is 3. The molecule has 0 spiro atoms. The highest BCUT2D eigenvalue weighted by atomic mass is 32.1. The van der Waals surface area contributed by atoms with Crippen LogP contribution in [0.15, 0.2) is 42.5 Å². The molecule has 188 valence electrons. The Morgan fingerprint density at radius 3 is 2.03 bits per heavy atom. The number of ketones is 1.